The lowest BCUT2D eigenvalue weighted by Crippen LogP contribution is -2.18. The molecule has 0 aliphatic rings. The minimum atomic E-state index is -0.122. The molecule has 3 heteroatoms. The van der Waals surface area contributed by atoms with Gasteiger partial charge < -0.3 is 0 Å². The van der Waals surface area contributed by atoms with Gasteiger partial charge >= 0.3 is 0 Å². The Labute approximate surface area is 65.3 Å². The van der Waals surface area contributed by atoms with Gasteiger partial charge in [-0.1, -0.05) is 6.08 Å². The molecule has 3 nitrogen and oxygen atoms in total. The third kappa shape index (κ3) is 2.29. The largest absolute Gasteiger partial charge is 0.268 e. The highest BCUT2D eigenvalue weighted by Gasteiger charge is 1.91. The summed E-state index contributed by atoms with van der Waals surface area (Å²) >= 11 is 0. The smallest absolute Gasteiger partial charge is 0.262 e. The van der Waals surface area contributed by atoms with Crippen LogP contribution in [0, 0.1) is 0 Å². The molecule has 58 valence electrons. The van der Waals surface area contributed by atoms with Gasteiger partial charge in [0, 0.05) is 18.5 Å². The summed E-state index contributed by atoms with van der Waals surface area (Å²) < 4.78 is 1.60. The number of allylic oxidation sites excluding steroid dienone is 1. The number of nitrogens with zero attached hydrogens (tertiary/aromatic N) is 1. The van der Waals surface area contributed by atoms with Crippen LogP contribution < -0.4 is 5.43 Å². The minimum absolute atomic E-state index is 0.122. The Morgan fingerprint density at radius 2 is 2.09 bits per heavy atom. The van der Waals surface area contributed by atoms with Crippen LogP contribution in [0.4, 0.5) is 0 Å². The van der Waals surface area contributed by atoms with Crippen molar-refractivity contribution in [3.8, 4) is 0 Å². The average Bonchev–Trinajstić information content (AvgIpc) is 2.40. The van der Waals surface area contributed by atoms with Crippen LogP contribution in [-0.4, -0.2) is 10.6 Å². The highest BCUT2D eigenvalue weighted by Crippen LogP contribution is 1.85. The molecular formula is C8H10N2O. The molecule has 1 aromatic rings. The topological polar surface area (TPSA) is 34.0 Å². The van der Waals surface area contributed by atoms with Crippen molar-refractivity contribution in [3.63, 3.8) is 0 Å². The van der Waals surface area contributed by atoms with Crippen LogP contribution in [0.2, 0.25) is 0 Å². The lowest BCUT2D eigenvalue weighted by atomic mass is 10.5. The number of carbonyl (C=O) groups is 1. The monoisotopic (exact) mass is 150 g/mol. The Bertz CT molecular complexity index is 249. The van der Waals surface area contributed by atoms with Crippen molar-refractivity contribution in [3.05, 3.63) is 36.7 Å². The van der Waals surface area contributed by atoms with Gasteiger partial charge in [0.1, 0.15) is 0 Å². The summed E-state index contributed by atoms with van der Waals surface area (Å²) in [4.78, 5) is 10.9. The van der Waals surface area contributed by atoms with Gasteiger partial charge in [-0.3, -0.25) is 14.9 Å². The van der Waals surface area contributed by atoms with Crippen molar-refractivity contribution in [2.45, 2.75) is 6.92 Å². The van der Waals surface area contributed by atoms with E-state index >= 15 is 0 Å². The molecule has 0 radical (unpaired) electrons. The molecule has 1 rings (SSSR count). The number of aromatic nitrogens is 1. The zero-order valence-electron chi connectivity index (χ0n) is 6.32. The normalized spacial score (nSPS) is 10.3. The molecule has 0 saturated heterocycles. The van der Waals surface area contributed by atoms with E-state index in [-0.39, 0.29) is 5.91 Å². The Balaban J connectivity index is 2.50. The molecular weight excluding hydrogens is 140 g/mol. The van der Waals surface area contributed by atoms with Crippen LogP contribution in [0.25, 0.3) is 0 Å². The molecule has 0 aromatic carbocycles. The average molecular weight is 150 g/mol. The molecule has 0 aliphatic carbocycles. The zero-order chi connectivity index (χ0) is 8.10. The van der Waals surface area contributed by atoms with Crippen LogP contribution in [0.3, 0.4) is 0 Å². The van der Waals surface area contributed by atoms with Crippen LogP contribution in [-0.2, 0) is 4.79 Å². The van der Waals surface area contributed by atoms with Crippen LogP contribution in [0.5, 0.6) is 0 Å². The van der Waals surface area contributed by atoms with E-state index in [0.717, 1.165) is 0 Å². The van der Waals surface area contributed by atoms with Gasteiger partial charge in [0.25, 0.3) is 5.91 Å². The second-order valence-electron chi connectivity index (χ2n) is 2.07. The van der Waals surface area contributed by atoms with Gasteiger partial charge in [-0.05, 0) is 19.1 Å². The third-order valence-corrected chi connectivity index (χ3v) is 1.16. The molecule has 0 fully saturated rings. The minimum Gasteiger partial charge on any atom is -0.268 e. The molecule has 0 aliphatic heterocycles. The summed E-state index contributed by atoms with van der Waals surface area (Å²) in [6.07, 6.45) is 6.70. The lowest BCUT2D eigenvalue weighted by molar-refractivity contribution is -0.112. The summed E-state index contributed by atoms with van der Waals surface area (Å²) in [5.41, 5.74) is 2.61. The Morgan fingerprint density at radius 1 is 1.45 bits per heavy atom. The Morgan fingerprint density at radius 3 is 2.64 bits per heavy atom. The number of nitrogens with one attached hydrogen (secondary N) is 1. The van der Waals surface area contributed by atoms with Gasteiger partial charge in [0.05, 0.1) is 0 Å². The molecule has 1 heterocycles. The highest BCUT2D eigenvalue weighted by molar-refractivity contribution is 5.93. The zero-order valence-corrected chi connectivity index (χ0v) is 6.32. The molecule has 0 unspecified atom stereocenters. The maximum atomic E-state index is 10.9. The second kappa shape index (κ2) is 3.61. The van der Waals surface area contributed by atoms with Crippen molar-refractivity contribution in [1.29, 1.82) is 0 Å². The first-order chi connectivity index (χ1) is 5.33. The number of amides is 1. The predicted molar refractivity (Wildman–Crippen MR) is 43.6 cm³/mol. The van der Waals surface area contributed by atoms with E-state index < -0.39 is 0 Å². The molecule has 0 spiro atoms. The maximum Gasteiger partial charge on any atom is 0.262 e. The maximum absolute atomic E-state index is 10.9. The van der Waals surface area contributed by atoms with Crippen molar-refractivity contribution in [2.24, 2.45) is 0 Å². The predicted octanol–water partition coefficient (Wildman–Crippen LogP) is 1.13. The molecule has 1 amide bonds. The van der Waals surface area contributed by atoms with Gasteiger partial charge in [-0.15, -0.1) is 0 Å². The van der Waals surface area contributed by atoms with Crippen LogP contribution >= 0.6 is 0 Å². The fourth-order valence-electron chi connectivity index (χ4n) is 0.725. The van der Waals surface area contributed by atoms with Crippen LogP contribution in [0.1, 0.15) is 6.92 Å². The first-order valence-corrected chi connectivity index (χ1v) is 3.39. The molecule has 11 heavy (non-hydrogen) atoms. The Kier molecular flexibility index (Phi) is 2.49. The number of hydrogen-bond donors (Lipinski definition) is 1. The van der Waals surface area contributed by atoms with Crippen LogP contribution in [0.15, 0.2) is 36.7 Å². The molecule has 0 saturated carbocycles. The molecule has 0 atom stereocenters. The van der Waals surface area contributed by atoms with Crippen molar-refractivity contribution >= 4 is 5.91 Å². The summed E-state index contributed by atoms with van der Waals surface area (Å²) in [6.45, 7) is 1.80. The van der Waals surface area contributed by atoms with Crippen molar-refractivity contribution in [1.82, 2.24) is 4.68 Å². The van der Waals surface area contributed by atoms with E-state index in [0.29, 0.717) is 0 Å². The Hall–Kier alpha value is -1.51. The summed E-state index contributed by atoms with van der Waals surface area (Å²) in [5, 5.41) is 0. The summed E-state index contributed by atoms with van der Waals surface area (Å²) in [6, 6.07) is 3.69. The van der Waals surface area contributed by atoms with Gasteiger partial charge in [0.2, 0.25) is 0 Å². The van der Waals surface area contributed by atoms with E-state index in [9.17, 15) is 4.79 Å². The van der Waals surface area contributed by atoms with Gasteiger partial charge in [-0.2, -0.15) is 0 Å². The van der Waals surface area contributed by atoms with Gasteiger partial charge in [-0.25, -0.2) is 0 Å². The van der Waals surface area contributed by atoms with Crippen molar-refractivity contribution < 1.29 is 4.79 Å². The van der Waals surface area contributed by atoms with E-state index in [4.69, 9.17) is 0 Å². The fourth-order valence-corrected chi connectivity index (χ4v) is 0.725. The van der Waals surface area contributed by atoms with E-state index in [1.807, 2.05) is 12.1 Å². The molecule has 1 N–H and O–H groups in total. The standard InChI is InChI=1S/C8H10N2O/c1-2-5-8(11)9-10-6-3-4-7-10/h2-7H,1H3,(H,9,11). The lowest BCUT2D eigenvalue weighted by Gasteiger charge is -2.00. The summed E-state index contributed by atoms with van der Waals surface area (Å²) in [7, 11) is 0. The fraction of sp³-hybridized carbons (Fsp3) is 0.125. The quantitative estimate of drug-likeness (QED) is 0.630. The SMILES string of the molecule is CC=CC(=O)Nn1cccc1. The van der Waals surface area contributed by atoms with E-state index in [2.05, 4.69) is 5.43 Å². The first-order valence-electron chi connectivity index (χ1n) is 3.39. The van der Waals surface area contributed by atoms with Crippen molar-refractivity contribution in [2.75, 3.05) is 5.43 Å². The van der Waals surface area contributed by atoms with Gasteiger partial charge in [0.15, 0.2) is 0 Å². The second-order valence-corrected chi connectivity index (χ2v) is 2.07. The van der Waals surface area contributed by atoms with E-state index in [1.54, 1.807) is 30.1 Å². The number of carbonyl (C=O) groups excluding carboxylic acids is 1. The molecule has 0 bridgehead atoms. The third-order valence-electron chi connectivity index (χ3n) is 1.16. The van der Waals surface area contributed by atoms with E-state index in [1.165, 1.54) is 6.08 Å². The molecule has 1 aromatic heterocycles. The number of rotatable bonds is 2. The first kappa shape index (κ1) is 7.60. The summed E-state index contributed by atoms with van der Waals surface area (Å²) in [5.74, 6) is -0.122. The number of hydrogen-bond acceptors (Lipinski definition) is 1. The highest BCUT2D eigenvalue weighted by atomic mass is 16.2.